The summed E-state index contributed by atoms with van der Waals surface area (Å²) >= 11 is 0. The van der Waals surface area contributed by atoms with Gasteiger partial charge in [0, 0.05) is 31.1 Å². The first-order valence-corrected chi connectivity index (χ1v) is 9.16. The van der Waals surface area contributed by atoms with Gasteiger partial charge in [-0.05, 0) is 25.8 Å². The number of para-hydroxylation sites is 1. The van der Waals surface area contributed by atoms with Gasteiger partial charge in [0.1, 0.15) is 5.75 Å². The van der Waals surface area contributed by atoms with E-state index in [9.17, 15) is 4.79 Å². The summed E-state index contributed by atoms with van der Waals surface area (Å²) in [6.45, 7) is 3.88. The molecule has 26 heavy (non-hydrogen) atoms. The number of amides is 1. The molecular weight excluding hydrogens is 443 g/mol. The summed E-state index contributed by atoms with van der Waals surface area (Å²) in [6.07, 6.45) is 5.13. The molecule has 0 saturated heterocycles. The van der Waals surface area contributed by atoms with Crippen LogP contribution in [0.5, 0.6) is 5.75 Å². The van der Waals surface area contributed by atoms with E-state index < -0.39 is 0 Å². The van der Waals surface area contributed by atoms with E-state index >= 15 is 0 Å². The molecule has 0 bridgehead atoms. The minimum atomic E-state index is 0. The van der Waals surface area contributed by atoms with Crippen molar-refractivity contribution in [1.29, 1.82) is 0 Å². The first-order valence-electron chi connectivity index (χ1n) is 9.16. The number of carbonyl (C=O) groups excluding carboxylic acids is 1. The molecule has 1 fully saturated rings. The Hall–Kier alpha value is -1.51. The number of rotatable bonds is 8. The fraction of sp³-hybridized carbons (Fsp3) is 0.579. The molecule has 0 heterocycles. The minimum absolute atomic E-state index is 0. The molecule has 7 heteroatoms. The van der Waals surface area contributed by atoms with Gasteiger partial charge in [0.25, 0.3) is 0 Å². The third kappa shape index (κ3) is 7.80. The molecule has 1 aliphatic carbocycles. The summed E-state index contributed by atoms with van der Waals surface area (Å²) < 4.78 is 5.35. The van der Waals surface area contributed by atoms with Gasteiger partial charge in [-0.1, -0.05) is 31.0 Å². The Morgan fingerprint density at radius 2 is 1.96 bits per heavy atom. The molecular formula is C19H31IN4O2. The third-order valence-corrected chi connectivity index (χ3v) is 4.31. The lowest BCUT2D eigenvalue weighted by atomic mass is 10.2. The van der Waals surface area contributed by atoms with Crippen molar-refractivity contribution in [2.45, 2.75) is 51.6 Å². The lowest BCUT2D eigenvalue weighted by Crippen LogP contribution is -2.40. The quantitative estimate of drug-likeness (QED) is 0.308. The molecule has 1 aliphatic rings. The van der Waals surface area contributed by atoms with E-state index in [1.165, 1.54) is 12.8 Å². The molecule has 146 valence electrons. The van der Waals surface area contributed by atoms with E-state index in [1.807, 2.05) is 31.2 Å². The van der Waals surface area contributed by atoms with Crippen molar-refractivity contribution in [3.05, 3.63) is 29.8 Å². The normalized spacial score (nSPS) is 14.5. The number of benzene rings is 1. The minimum Gasteiger partial charge on any atom is -0.496 e. The Morgan fingerprint density at radius 3 is 2.65 bits per heavy atom. The van der Waals surface area contributed by atoms with Gasteiger partial charge in [0.2, 0.25) is 5.91 Å². The van der Waals surface area contributed by atoms with Crippen LogP contribution in [0.15, 0.2) is 29.3 Å². The van der Waals surface area contributed by atoms with Gasteiger partial charge in [-0.15, -0.1) is 24.0 Å². The molecule has 1 aromatic rings. The standard InChI is InChI=1S/C19H30N4O2.HI/c1-3-20-19(22-14-15-8-4-7-11-17(15)25-2)21-13-12-18(24)23-16-9-5-6-10-16;/h4,7-8,11,16H,3,5-6,9-10,12-14H2,1-2H3,(H,23,24)(H2,20,21,22);1H. The largest absolute Gasteiger partial charge is 0.496 e. The first kappa shape index (κ1) is 22.5. The maximum absolute atomic E-state index is 12.0. The summed E-state index contributed by atoms with van der Waals surface area (Å²) in [5, 5.41) is 9.53. The van der Waals surface area contributed by atoms with Gasteiger partial charge in [-0.3, -0.25) is 4.79 Å². The molecule has 0 spiro atoms. The van der Waals surface area contributed by atoms with Crippen LogP contribution in [-0.2, 0) is 11.3 Å². The van der Waals surface area contributed by atoms with Crippen LogP contribution in [0.3, 0.4) is 0 Å². The van der Waals surface area contributed by atoms with Crippen molar-refractivity contribution in [1.82, 2.24) is 16.0 Å². The summed E-state index contributed by atoms with van der Waals surface area (Å²) in [4.78, 5) is 16.5. The van der Waals surface area contributed by atoms with Gasteiger partial charge in [0.15, 0.2) is 5.96 Å². The fourth-order valence-corrected chi connectivity index (χ4v) is 3.00. The highest BCUT2D eigenvalue weighted by Crippen LogP contribution is 2.18. The Morgan fingerprint density at radius 1 is 1.23 bits per heavy atom. The van der Waals surface area contributed by atoms with E-state index in [-0.39, 0.29) is 29.9 Å². The van der Waals surface area contributed by atoms with E-state index in [1.54, 1.807) is 7.11 Å². The Kier molecular flexibility index (Phi) is 11.1. The number of nitrogens with one attached hydrogen (secondary N) is 3. The second-order valence-corrected chi connectivity index (χ2v) is 6.23. The number of nitrogens with zero attached hydrogens (tertiary/aromatic N) is 1. The number of carbonyl (C=O) groups is 1. The molecule has 1 aromatic carbocycles. The maximum atomic E-state index is 12.0. The molecule has 0 aliphatic heterocycles. The SMILES string of the molecule is CCNC(=NCc1ccccc1OC)NCCC(=O)NC1CCCC1.I. The highest BCUT2D eigenvalue weighted by atomic mass is 127. The monoisotopic (exact) mass is 474 g/mol. The molecule has 3 N–H and O–H groups in total. The van der Waals surface area contributed by atoms with Crippen LogP contribution in [0, 0.1) is 0 Å². The highest BCUT2D eigenvalue weighted by Gasteiger charge is 2.16. The van der Waals surface area contributed by atoms with Crippen LogP contribution in [0.2, 0.25) is 0 Å². The van der Waals surface area contributed by atoms with Crippen molar-refractivity contribution in [3.63, 3.8) is 0 Å². The Balaban J connectivity index is 0.00000338. The second kappa shape index (κ2) is 12.8. The van der Waals surface area contributed by atoms with Crippen LogP contribution >= 0.6 is 24.0 Å². The van der Waals surface area contributed by atoms with Gasteiger partial charge < -0.3 is 20.7 Å². The van der Waals surface area contributed by atoms with E-state index in [4.69, 9.17) is 4.74 Å². The molecule has 0 radical (unpaired) electrons. The predicted molar refractivity (Wildman–Crippen MR) is 116 cm³/mol. The van der Waals surface area contributed by atoms with Crippen LogP contribution in [0.1, 0.15) is 44.6 Å². The van der Waals surface area contributed by atoms with E-state index in [0.29, 0.717) is 31.5 Å². The fourth-order valence-electron chi connectivity index (χ4n) is 3.00. The summed E-state index contributed by atoms with van der Waals surface area (Å²) in [6, 6.07) is 8.22. The summed E-state index contributed by atoms with van der Waals surface area (Å²) in [5.41, 5.74) is 1.03. The zero-order valence-electron chi connectivity index (χ0n) is 15.7. The van der Waals surface area contributed by atoms with Crippen LogP contribution in [-0.4, -0.2) is 38.1 Å². The van der Waals surface area contributed by atoms with Crippen molar-refractivity contribution in [3.8, 4) is 5.75 Å². The number of hydrogen-bond donors (Lipinski definition) is 3. The first-order chi connectivity index (χ1) is 12.2. The topological polar surface area (TPSA) is 74.8 Å². The molecule has 0 atom stereocenters. The van der Waals surface area contributed by atoms with Crippen LogP contribution < -0.4 is 20.7 Å². The van der Waals surface area contributed by atoms with Gasteiger partial charge in [0.05, 0.1) is 13.7 Å². The Bertz CT molecular complexity index is 574. The highest BCUT2D eigenvalue weighted by molar-refractivity contribution is 14.0. The maximum Gasteiger partial charge on any atom is 0.221 e. The second-order valence-electron chi connectivity index (χ2n) is 6.23. The number of hydrogen-bond acceptors (Lipinski definition) is 3. The predicted octanol–water partition coefficient (Wildman–Crippen LogP) is 2.82. The van der Waals surface area contributed by atoms with Crippen molar-refractivity contribution in [2.75, 3.05) is 20.2 Å². The van der Waals surface area contributed by atoms with Crippen molar-refractivity contribution < 1.29 is 9.53 Å². The third-order valence-electron chi connectivity index (χ3n) is 4.31. The Labute approximate surface area is 173 Å². The average Bonchev–Trinajstić information content (AvgIpc) is 3.12. The number of ether oxygens (including phenoxy) is 1. The average molecular weight is 474 g/mol. The zero-order chi connectivity index (χ0) is 17.9. The number of halogens is 1. The van der Waals surface area contributed by atoms with Crippen LogP contribution in [0.4, 0.5) is 0 Å². The smallest absolute Gasteiger partial charge is 0.221 e. The number of aliphatic imine (C=N–C) groups is 1. The van der Waals surface area contributed by atoms with Crippen LogP contribution in [0.25, 0.3) is 0 Å². The molecule has 6 nitrogen and oxygen atoms in total. The van der Waals surface area contributed by atoms with E-state index in [2.05, 4.69) is 20.9 Å². The van der Waals surface area contributed by atoms with Gasteiger partial charge in [-0.25, -0.2) is 4.99 Å². The molecule has 0 unspecified atom stereocenters. The lowest BCUT2D eigenvalue weighted by molar-refractivity contribution is -0.121. The van der Waals surface area contributed by atoms with Crippen molar-refractivity contribution >= 4 is 35.8 Å². The zero-order valence-corrected chi connectivity index (χ0v) is 18.0. The molecule has 0 aromatic heterocycles. The molecule has 1 amide bonds. The molecule has 1 saturated carbocycles. The number of methoxy groups -OCH3 is 1. The summed E-state index contributed by atoms with van der Waals surface area (Å²) in [5.74, 6) is 1.65. The van der Waals surface area contributed by atoms with E-state index in [0.717, 1.165) is 30.7 Å². The molecule has 2 rings (SSSR count). The number of guanidine groups is 1. The summed E-state index contributed by atoms with van der Waals surface area (Å²) in [7, 11) is 1.66. The van der Waals surface area contributed by atoms with Crippen molar-refractivity contribution in [2.24, 2.45) is 4.99 Å². The lowest BCUT2D eigenvalue weighted by Gasteiger charge is -2.14. The van der Waals surface area contributed by atoms with Gasteiger partial charge in [-0.2, -0.15) is 0 Å². The van der Waals surface area contributed by atoms with Gasteiger partial charge >= 0.3 is 0 Å².